The number of anilines is 1. The van der Waals surface area contributed by atoms with Crippen molar-refractivity contribution >= 4 is 17.5 Å². The van der Waals surface area contributed by atoms with Crippen LogP contribution < -0.4 is 21.9 Å². The fraction of sp³-hybridized carbons (Fsp3) is 0.350. The highest BCUT2D eigenvalue weighted by atomic mass is 16.2. The van der Waals surface area contributed by atoms with Gasteiger partial charge in [-0.25, -0.2) is 0 Å². The summed E-state index contributed by atoms with van der Waals surface area (Å²) in [5.41, 5.74) is 9.43. The average Bonchev–Trinajstić information content (AvgIpc) is 2.62. The van der Waals surface area contributed by atoms with Gasteiger partial charge in [0.2, 0.25) is 5.91 Å². The first-order chi connectivity index (χ1) is 12.8. The van der Waals surface area contributed by atoms with Crippen LogP contribution in [0.25, 0.3) is 0 Å². The number of primary amides is 1. The Morgan fingerprint density at radius 2 is 2.00 bits per heavy atom. The van der Waals surface area contributed by atoms with Crippen molar-refractivity contribution in [1.29, 1.82) is 0 Å². The molecule has 7 heteroatoms. The van der Waals surface area contributed by atoms with E-state index in [1.165, 1.54) is 5.56 Å². The lowest BCUT2D eigenvalue weighted by Gasteiger charge is -2.26. The summed E-state index contributed by atoms with van der Waals surface area (Å²) in [5, 5.41) is 6.10. The number of carbonyl (C=O) groups is 2. The van der Waals surface area contributed by atoms with Gasteiger partial charge in [0, 0.05) is 17.4 Å². The Morgan fingerprint density at radius 3 is 2.70 bits per heavy atom. The minimum atomic E-state index is -0.754. The maximum atomic E-state index is 12.3. The number of hydrogen-bond donors (Lipinski definition) is 4. The smallest absolute Gasteiger partial charge is 0.261 e. The molecular weight excluding hydrogens is 344 g/mol. The van der Waals surface area contributed by atoms with Gasteiger partial charge in [-0.1, -0.05) is 6.07 Å². The van der Waals surface area contributed by atoms with Gasteiger partial charge in [0.05, 0.1) is 6.54 Å². The standard InChI is InChI=1S/C20H24N4O3/c1-11-6-7-13(8-12(11)2)23-18(25)10-22-16-4-3-5-17-14(16)9-15(19(21)26)20(27)24-17/h6-9,16,22H,3-5,10H2,1-2H3,(H2,21,26)(H,23,25)(H,24,27). The van der Waals surface area contributed by atoms with Crippen LogP contribution in [0, 0.1) is 13.8 Å². The van der Waals surface area contributed by atoms with Crippen LogP contribution in [0.5, 0.6) is 0 Å². The number of pyridine rings is 1. The van der Waals surface area contributed by atoms with Crippen molar-refractivity contribution in [3.05, 3.63) is 62.6 Å². The third-order valence-electron chi connectivity index (χ3n) is 5.02. The SMILES string of the molecule is Cc1ccc(NC(=O)CNC2CCCc3[nH]c(=O)c(C(N)=O)cc32)cc1C. The number of H-pyrrole nitrogens is 1. The maximum absolute atomic E-state index is 12.3. The second-order valence-corrected chi connectivity index (χ2v) is 6.98. The molecule has 0 fully saturated rings. The van der Waals surface area contributed by atoms with E-state index in [-0.39, 0.29) is 24.1 Å². The molecule has 1 atom stereocenters. The summed E-state index contributed by atoms with van der Waals surface area (Å²) in [6.45, 7) is 4.15. The lowest BCUT2D eigenvalue weighted by Crippen LogP contribution is -2.35. The molecule has 1 aliphatic rings. The number of nitrogens with one attached hydrogen (secondary N) is 3. The van der Waals surface area contributed by atoms with Gasteiger partial charge in [-0.05, 0) is 68.0 Å². The predicted molar refractivity (Wildman–Crippen MR) is 104 cm³/mol. The molecule has 7 nitrogen and oxygen atoms in total. The minimum absolute atomic E-state index is 0.0537. The first kappa shape index (κ1) is 18.8. The van der Waals surface area contributed by atoms with Crippen LogP contribution >= 0.6 is 0 Å². The van der Waals surface area contributed by atoms with E-state index in [0.29, 0.717) is 0 Å². The molecule has 142 valence electrons. The number of carbonyl (C=O) groups excluding carboxylic acids is 2. The largest absolute Gasteiger partial charge is 0.365 e. The van der Waals surface area contributed by atoms with Gasteiger partial charge in [-0.15, -0.1) is 0 Å². The number of rotatable bonds is 5. The fourth-order valence-electron chi connectivity index (χ4n) is 3.38. The zero-order valence-electron chi connectivity index (χ0n) is 15.5. The Balaban J connectivity index is 1.69. The highest BCUT2D eigenvalue weighted by molar-refractivity contribution is 5.93. The van der Waals surface area contributed by atoms with Crippen molar-refractivity contribution in [1.82, 2.24) is 10.3 Å². The van der Waals surface area contributed by atoms with Gasteiger partial charge < -0.3 is 21.4 Å². The fourth-order valence-corrected chi connectivity index (χ4v) is 3.38. The van der Waals surface area contributed by atoms with E-state index in [4.69, 9.17) is 5.73 Å². The van der Waals surface area contributed by atoms with Crippen LogP contribution in [0.2, 0.25) is 0 Å². The minimum Gasteiger partial charge on any atom is -0.365 e. The highest BCUT2D eigenvalue weighted by Crippen LogP contribution is 2.28. The Labute approximate surface area is 157 Å². The molecule has 1 unspecified atom stereocenters. The van der Waals surface area contributed by atoms with Gasteiger partial charge in [-0.3, -0.25) is 14.4 Å². The van der Waals surface area contributed by atoms with Crippen molar-refractivity contribution in [2.45, 2.75) is 39.2 Å². The predicted octanol–water partition coefficient (Wildman–Crippen LogP) is 1.70. The van der Waals surface area contributed by atoms with E-state index in [1.807, 2.05) is 32.0 Å². The van der Waals surface area contributed by atoms with Gasteiger partial charge in [0.1, 0.15) is 5.56 Å². The second kappa shape index (κ2) is 7.75. The summed E-state index contributed by atoms with van der Waals surface area (Å²) < 4.78 is 0. The van der Waals surface area contributed by atoms with Crippen molar-refractivity contribution < 1.29 is 9.59 Å². The number of hydrogen-bond acceptors (Lipinski definition) is 4. The van der Waals surface area contributed by atoms with Crippen molar-refractivity contribution in [3.8, 4) is 0 Å². The summed E-state index contributed by atoms with van der Waals surface area (Å²) in [7, 11) is 0. The Bertz CT molecular complexity index is 949. The number of aromatic amines is 1. The molecule has 27 heavy (non-hydrogen) atoms. The van der Waals surface area contributed by atoms with E-state index >= 15 is 0 Å². The van der Waals surface area contributed by atoms with Gasteiger partial charge >= 0.3 is 0 Å². The lowest BCUT2D eigenvalue weighted by molar-refractivity contribution is -0.115. The molecule has 2 aromatic rings. The molecule has 0 saturated heterocycles. The topological polar surface area (TPSA) is 117 Å². The molecule has 5 N–H and O–H groups in total. The van der Waals surface area contributed by atoms with E-state index in [0.717, 1.165) is 41.8 Å². The first-order valence-corrected chi connectivity index (χ1v) is 9.01. The molecule has 1 aromatic heterocycles. The maximum Gasteiger partial charge on any atom is 0.261 e. The molecule has 0 saturated carbocycles. The number of benzene rings is 1. The Morgan fingerprint density at radius 1 is 1.22 bits per heavy atom. The molecule has 0 radical (unpaired) electrons. The van der Waals surface area contributed by atoms with Crippen molar-refractivity contribution in [2.75, 3.05) is 11.9 Å². The molecule has 1 aliphatic carbocycles. The lowest BCUT2D eigenvalue weighted by atomic mass is 9.90. The van der Waals surface area contributed by atoms with Gasteiger partial charge in [0.25, 0.3) is 11.5 Å². The summed E-state index contributed by atoms with van der Waals surface area (Å²) in [6.07, 6.45) is 2.43. The third-order valence-corrected chi connectivity index (χ3v) is 5.02. The van der Waals surface area contributed by atoms with Crippen LogP contribution in [0.3, 0.4) is 0 Å². The molecule has 0 spiro atoms. The van der Waals surface area contributed by atoms with Gasteiger partial charge in [-0.2, -0.15) is 0 Å². The van der Waals surface area contributed by atoms with Crippen LogP contribution in [-0.4, -0.2) is 23.3 Å². The van der Waals surface area contributed by atoms with Crippen LogP contribution in [0.15, 0.2) is 29.1 Å². The van der Waals surface area contributed by atoms with E-state index in [1.54, 1.807) is 6.07 Å². The van der Waals surface area contributed by atoms with Crippen LogP contribution in [0.1, 0.15) is 51.6 Å². The van der Waals surface area contributed by atoms with E-state index in [9.17, 15) is 14.4 Å². The highest BCUT2D eigenvalue weighted by Gasteiger charge is 2.23. The number of fused-ring (bicyclic) bond motifs is 1. The van der Waals surface area contributed by atoms with Gasteiger partial charge in [0.15, 0.2) is 0 Å². The van der Waals surface area contributed by atoms with E-state index < -0.39 is 11.5 Å². The molecule has 0 bridgehead atoms. The summed E-state index contributed by atoms with van der Waals surface area (Å²) in [6, 6.07) is 7.22. The van der Waals surface area contributed by atoms with Crippen LogP contribution in [0.4, 0.5) is 5.69 Å². The normalized spacial score (nSPS) is 15.9. The van der Waals surface area contributed by atoms with E-state index in [2.05, 4.69) is 15.6 Å². The zero-order valence-corrected chi connectivity index (χ0v) is 15.5. The summed E-state index contributed by atoms with van der Waals surface area (Å²) >= 11 is 0. The molecule has 2 amide bonds. The monoisotopic (exact) mass is 368 g/mol. The van der Waals surface area contributed by atoms with Crippen LogP contribution in [-0.2, 0) is 11.2 Å². The third kappa shape index (κ3) is 4.25. The second-order valence-electron chi connectivity index (χ2n) is 6.98. The number of nitrogens with two attached hydrogens (primary N) is 1. The quantitative estimate of drug-likeness (QED) is 0.642. The molecular formula is C20H24N4O3. The number of aryl methyl sites for hydroxylation is 3. The number of amides is 2. The molecule has 1 aromatic carbocycles. The zero-order chi connectivity index (χ0) is 19.6. The summed E-state index contributed by atoms with van der Waals surface area (Å²) in [4.78, 5) is 38.4. The average molecular weight is 368 g/mol. The first-order valence-electron chi connectivity index (χ1n) is 9.01. The molecule has 0 aliphatic heterocycles. The number of aromatic nitrogens is 1. The van der Waals surface area contributed by atoms with Crippen molar-refractivity contribution in [3.63, 3.8) is 0 Å². The molecule has 3 rings (SSSR count). The molecule has 1 heterocycles. The Kier molecular flexibility index (Phi) is 5.41. The van der Waals surface area contributed by atoms with Crippen molar-refractivity contribution in [2.24, 2.45) is 5.73 Å². The Hall–Kier alpha value is -2.93. The summed E-state index contributed by atoms with van der Waals surface area (Å²) in [5.74, 6) is -0.902.